The second kappa shape index (κ2) is 8.97. The topological polar surface area (TPSA) is 34.2 Å². The lowest BCUT2D eigenvalue weighted by atomic mass is 10.3. The molecular formula is C14H25NO2. The fourth-order valence-corrected chi connectivity index (χ4v) is 1.63. The molecule has 0 atom stereocenters. The van der Waals surface area contributed by atoms with Gasteiger partial charge in [0.05, 0.1) is 13.2 Å². The van der Waals surface area contributed by atoms with E-state index in [0.717, 1.165) is 37.6 Å². The molecule has 17 heavy (non-hydrogen) atoms. The zero-order chi connectivity index (χ0) is 12.3. The van der Waals surface area contributed by atoms with Crippen LogP contribution in [0.5, 0.6) is 11.5 Å². The lowest BCUT2D eigenvalue weighted by Crippen LogP contribution is -2.00. The van der Waals surface area contributed by atoms with Crippen LogP contribution in [0.1, 0.15) is 52.4 Å². The van der Waals surface area contributed by atoms with E-state index in [9.17, 15) is 0 Å². The third-order valence-electron chi connectivity index (χ3n) is 2.68. The van der Waals surface area contributed by atoms with Crippen molar-refractivity contribution in [2.75, 3.05) is 13.2 Å². The maximum atomic E-state index is 5.68. The summed E-state index contributed by atoms with van der Waals surface area (Å²) in [5.41, 5.74) is 0. The van der Waals surface area contributed by atoms with Gasteiger partial charge in [0, 0.05) is 12.4 Å². The Bertz CT molecular complexity index is 257. The zero-order valence-electron chi connectivity index (χ0n) is 11.1. The molecule has 0 aliphatic carbocycles. The van der Waals surface area contributed by atoms with Gasteiger partial charge in [-0.1, -0.05) is 39.5 Å². The van der Waals surface area contributed by atoms with Crippen molar-refractivity contribution in [2.24, 2.45) is 0 Å². The first kappa shape index (κ1) is 13.9. The van der Waals surface area contributed by atoms with Crippen LogP contribution in [-0.2, 0) is 0 Å². The number of hydrogen-bond donors (Lipinski definition) is 1. The first-order valence-corrected chi connectivity index (χ1v) is 6.80. The van der Waals surface area contributed by atoms with Crippen LogP contribution in [0.25, 0.3) is 0 Å². The van der Waals surface area contributed by atoms with Crippen LogP contribution in [0.3, 0.4) is 0 Å². The summed E-state index contributed by atoms with van der Waals surface area (Å²) >= 11 is 0. The predicted octanol–water partition coefficient (Wildman–Crippen LogP) is 4.15. The molecule has 0 aliphatic rings. The van der Waals surface area contributed by atoms with Crippen LogP contribution in [0, 0.1) is 0 Å². The van der Waals surface area contributed by atoms with Crippen molar-refractivity contribution < 1.29 is 9.47 Å². The van der Waals surface area contributed by atoms with Gasteiger partial charge in [-0.25, -0.2) is 0 Å². The van der Waals surface area contributed by atoms with Gasteiger partial charge in [-0.3, -0.25) is 0 Å². The average Bonchev–Trinajstić information content (AvgIpc) is 2.78. The van der Waals surface area contributed by atoms with Crippen LogP contribution >= 0.6 is 0 Å². The Morgan fingerprint density at radius 2 is 1.29 bits per heavy atom. The molecule has 0 saturated carbocycles. The Labute approximate surface area is 105 Å². The number of aromatic nitrogens is 1. The number of nitrogens with one attached hydrogen (secondary N) is 1. The van der Waals surface area contributed by atoms with E-state index in [1.165, 1.54) is 25.7 Å². The van der Waals surface area contributed by atoms with Crippen molar-refractivity contribution in [3.8, 4) is 11.5 Å². The van der Waals surface area contributed by atoms with E-state index < -0.39 is 0 Å². The number of H-pyrrole nitrogens is 1. The Kier molecular flexibility index (Phi) is 7.35. The first-order chi connectivity index (χ1) is 8.38. The third-order valence-corrected chi connectivity index (χ3v) is 2.68. The van der Waals surface area contributed by atoms with E-state index in [1.54, 1.807) is 0 Å². The second-order valence-corrected chi connectivity index (χ2v) is 4.29. The van der Waals surface area contributed by atoms with Crippen molar-refractivity contribution in [1.82, 2.24) is 4.98 Å². The lowest BCUT2D eigenvalue weighted by molar-refractivity contribution is 0.262. The van der Waals surface area contributed by atoms with Crippen LogP contribution in [-0.4, -0.2) is 18.2 Å². The number of unbranched alkanes of at least 4 members (excludes halogenated alkanes) is 4. The van der Waals surface area contributed by atoms with Crippen molar-refractivity contribution in [3.05, 3.63) is 12.4 Å². The summed E-state index contributed by atoms with van der Waals surface area (Å²) in [6.07, 6.45) is 10.8. The fourth-order valence-electron chi connectivity index (χ4n) is 1.63. The number of rotatable bonds is 10. The molecule has 0 bridgehead atoms. The fraction of sp³-hybridized carbons (Fsp3) is 0.714. The highest BCUT2D eigenvalue weighted by molar-refractivity contribution is 5.36. The van der Waals surface area contributed by atoms with Crippen molar-refractivity contribution in [3.63, 3.8) is 0 Å². The molecule has 0 radical (unpaired) electrons. The summed E-state index contributed by atoms with van der Waals surface area (Å²) in [5.74, 6) is 1.69. The molecule has 1 heterocycles. The van der Waals surface area contributed by atoms with Crippen molar-refractivity contribution in [2.45, 2.75) is 52.4 Å². The molecule has 0 aromatic carbocycles. The normalized spacial score (nSPS) is 10.5. The molecule has 0 fully saturated rings. The highest BCUT2D eigenvalue weighted by atomic mass is 16.5. The molecule has 1 rings (SSSR count). The Balaban J connectivity index is 2.22. The smallest absolute Gasteiger partial charge is 0.178 e. The predicted molar refractivity (Wildman–Crippen MR) is 70.8 cm³/mol. The molecule has 3 heteroatoms. The van der Waals surface area contributed by atoms with Gasteiger partial charge in [0.15, 0.2) is 11.5 Å². The molecule has 1 aromatic heterocycles. The number of aromatic amines is 1. The quantitative estimate of drug-likeness (QED) is 0.622. The molecule has 3 nitrogen and oxygen atoms in total. The van der Waals surface area contributed by atoms with Gasteiger partial charge < -0.3 is 14.5 Å². The molecule has 1 N–H and O–H groups in total. The van der Waals surface area contributed by atoms with E-state index in [0.29, 0.717) is 0 Å². The Hall–Kier alpha value is -1.12. The van der Waals surface area contributed by atoms with Gasteiger partial charge in [-0.05, 0) is 12.8 Å². The Morgan fingerprint density at radius 1 is 0.824 bits per heavy atom. The highest BCUT2D eigenvalue weighted by Crippen LogP contribution is 2.26. The van der Waals surface area contributed by atoms with E-state index in [4.69, 9.17) is 9.47 Å². The van der Waals surface area contributed by atoms with Gasteiger partial charge in [0.1, 0.15) is 0 Å². The maximum Gasteiger partial charge on any atom is 0.178 e. The average molecular weight is 239 g/mol. The molecule has 98 valence electrons. The van der Waals surface area contributed by atoms with Crippen molar-refractivity contribution >= 4 is 0 Å². The lowest BCUT2D eigenvalue weighted by Gasteiger charge is -2.08. The third kappa shape index (κ3) is 5.66. The van der Waals surface area contributed by atoms with Gasteiger partial charge in [0.2, 0.25) is 0 Å². The van der Waals surface area contributed by atoms with Crippen LogP contribution in [0.4, 0.5) is 0 Å². The molecule has 0 saturated heterocycles. The van der Waals surface area contributed by atoms with E-state index in [2.05, 4.69) is 18.8 Å². The van der Waals surface area contributed by atoms with Gasteiger partial charge in [0.25, 0.3) is 0 Å². The molecule has 0 unspecified atom stereocenters. The monoisotopic (exact) mass is 239 g/mol. The van der Waals surface area contributed by atoms with Crippen LogP contribution < -0.4 is 9.47 Å². The summed E-state index contributed by atoms with van der Waals surface area (Å²) in [4.78, 5) is 3.03. The molecule has 0 aliphatic heterocycles. The van der Waals surface area contributed by atoms with E-state index in [-0.39, 0.29) is 0 Å². The number of hydrogen-bond acceptors (Lipinski definition) is 2. The van der Waals surface area contributed by atoms with E-state index >= 15 is 0 Å². The maximum absolute atomic E-state index is 5.68. The summed E-state index contributed by atoms with van der Waals surface area (Å²) in [7, 11) is 0. The van der Waals surface area contributed by atoms with E-state index in [1.807, 2.05) is 12.4 Å². The first-order valence-electron chi connectivity index (χ1n) is 6.80. The molecule has 1 aromatic rings. The summed E-state index contributed by atoms with van der Waals surface area (Å²) < 4.78 is 11.4. The zero-order valence-corrected chi connectivity index (χ0v) is 11.1. The highest BCUT2D eigenvalue weighted by Gasteiger charge is 2.05. The molecular weight excluding hydrogens is 214 g/mol. The molecule has 0 amide bonds. The summed E-state index contributed by atoms with van der Waals surface area (Å²) in [6.45, 7) is 5.94. The second-order valence-electron chi connectivity index (χ2n) is 4.29. The van der Waals surface area contributed by atoms with Gasteiger partial charge in [-0.2, -0.15) is 0 Å². The SMILES string of the molecule is CCCCCOc1c[nH]cc1OCCCCC. The Morgan fingerprint density at radius 3 is 1.71 bits per heavy atom. The largest absolute Gasteiger partial charge is 0.488 e. The van der Waals surface area contributed by atoms with Gasteiger partial charge >= 0.3 is 0 Å². The minimum absolute atomic E-state index is 0.775. The number of ether oxygens (including phenoxy) is 2. The minimum atomic E-state index is 0.775. The molecule has 0 spiro atoms. The summed E-state index contributed by atoms with van der Waals surface area (Å²) in [5, 5.41) is 0. The van der Waals surface area contributed by atoms with Crippen molar-refractivity contribution in [1.29, 1.82) is 0 Å². The standard InChI is InChI=1S/C14H25NO2/c1-3-5-7-9-16-13-11-15-12-14(13)17-10-8-6-4-2/h11-12,15H,3-10H2,1-2H3. The summed E-state index contributed by atoms with van der Waals surface area (Å²) in [6, 6.07) is 0. The minimum Gasteiger partial charge on any atom is -0.488 e. The van der Waals surface area contributed by atoms with Crippen LogP contribution in [0.15, 0.2) is 12.4 Å². The van der Waals surface area contributed by atoms with Gasteiger partial charge in [-0.15, -0.1) is 0 Å². The van der Waals surface area contributed by atoms with Crippen LogP contribution in [0.2, 0.25) is 0 Å².